The Balaban J connectivity index is 2.28. The van der Waals surface area contributed by atoms with Crippen LogP contribution in [0, 0.1) is 5.92 Å². The summed E-state index contributed by atoms with van der Waals surface area (Å²) in [5.74, 6) is 0.336. The molecule has 0 heterocycles. The highest BCUT2D eigenvalue weighted by Crippen LogP contribution is 2.27. The normalized spacial score (nSPS) is 15.3. The Morgan fingerprint density at radius 3 is 2.52 bits per heavy atom. The summed E-state index contributed by atoms with van der Waals surface area (Å²) in [4.78, 5) is 12.0. The van der Waals surface area contributed by atoms with Crippen LogP contribution in [0.4, 0.5) is 5.69 Å². The van der Waals surface area contributed by atoms with Crippen molar-refractivity contribution in [3.05, 3.63) is 23.8 Å². The summed E-state index contributed by atoms with van der Waals surface area (Å²) in [5, 5.41) is 5.79. The first-order chi connectivity index (χ1) is 9.97. The molecule has 0 radical (unpaired) electrons. The molecule has 116 valence electrons. The predicted molar refractivity (Wildman–Crippen MR) is 81.9 cm³/mol. The molecule has 0 bridgehead atoms. The minimum atomic E-state index is -3.56. The van der Waals surface area contributed by atoms with Crippen molar-refractivity contribution in [2.24, 2.45) is 5.92 Å². The molecule has 0 atom stereocenters. The topological polar surface area (TPSA) is 87.3 Å². The molecule has 1 aliphatic rings. The molecule has 21 heavy (non-hydrogen) atoms. The highest BCUT2D eigenvalue weighted by molar-refractivity contribution is 7.89. The van der Waals surface area contributed by atoms with Crippen molar-refractivity contribution in [1.82, 2.24) is 10.0 Å². The van der Waals surface area contributed by atoms with Crippen molar-refractivity contribution >= 4 is 21.6 Å². The average Bonchev–Trinajstić information content (AvgIpc) is 2.44. The number of benzene rings is 1. The monoisotopic (exact) mass is 311 g/mol. The smallest absolute Gasteiger partial charge is 0.253 e. The maximum absolute atomic E-state index is 12.0. The highest BCUT2D eigenvalue weighted by Gasteiger charge is 2.20. The number of hydrogen-bond acceptors (Lipinski definition) is 4. The highest BCUT2D eigenvalue weighted by atomic mass is 32.2. The summed E-state index contributed by atoms with van der Waals surface area (Å²) in [6.07, 6.45) is 3.66. The van der Waals surface area contributed by atoms with Gasteiger partial charge in [-0.05, 0) is 44.0 Å². The van der Waals surface area contributed by atoms with Crippen LogP contribution in [0.2, 0.25) is 0 Å². The predicted octanol–water partition coefficient (Wildman–Crippen LogP) is 1.17. The minimum absolute atomic E-state index is 0.0813. The molecular weight excluding hydrogens is 290 g/mol. The van der Waals surface area contributed by atoms with Gasteiger partial charge in [-0.15, -0.1) is 0 Å². The summed E-state index contributed by atoms with van der Waals surface area (Å²) in [5.41, 5.74) is 1.00. The number of rotatable bonds is 6. The third-order valence-electron chi connectivity index (χ3n) is 3.85. The Morgan fingerprint density at radius 1 is 1.29 bits per heavy atom. The Kier molecular flexibility index (Phi) is 4.84. The van der Waals surface area contributed by atoms with E-state index < -0.39 is 10.0 Å². The third-order valence-corrected chi connectivity index (χ3v) is 5.26. The zero-order valence-electron chi connectivity index (χ0n) is 12.3. The van der Waals surface area contributed by atoms with E-state index in [-0.39, 0.29) is 10.8 Å². The van der Waals surface area contributed by atoms with E-state index in [2.05, 4.69) is 15.4 Å². The first-order valence-electron chi connectivity index (χ1n) is 7.01. The molecule has 0 unspecified atom stereocenters. The number of sulfonamides is 1. The quantitative estimate of drug-likeness (QED) is 0.736. The zero-order chi connectivity index (χ0) is 15.5. The molecule has 1 aromatic carbocycles. The van der Waals surface area contributed by atoms with E-state index in [4.69, 9.17) is 0 Å². The van der Waals surface area contributed by atoms with Gasteiger partial charge >= 0.3 is 0 Å². The van der Waals surface area contributed by atoms with Gasteiger partial charge in [-0.3, -0.25) is 4.79 Å². The third kappa shape index (κ3) is 3.54. The van der Waals surface area contributed by atoms with Gasteiger partial charge in [0.2, 0.25) is 10.0 Å². The fourth-order valence-corrected chi connectivity index (χ4v) is 2.99. The fraction of sp³-hybridized carbons (Fsp3) is 0.500. The van der Waals surface area contributed by atoms with Crippen molar-refractivity contribution in [3.8, 4) is 0 Å². The Labute approximate surface area is 125 Å². The lowest BCUT2D eigenvalue weighted by molar-refractivity contribution is 0.0963. The van der Waals surface area contributed by atoms with E-state index in [1.54, 1.807) is 6.07 Å². The first kappa shape index (κ1) is 15.8. The average molecular weight is 311 g/mol. The summed E-state index contributed by atoms with van der Waals surface area (Å²) < 4.78 is 25.9. The molecular formula is C14H21N3O3S. The van der Waals surface area contributed by atoms with E-state index in [9.17, 15) is 13.2 Å². The van der Waals surface area contributed by atoms with Crippen LogP contribution in [-0.4, -0.2) is 35.0 Å². The summed E-state index contributed by atoms with van der Waals surface area (Å²) in [7, 11) is -0.692. The minimum Gasteiger partial charge on any atom is -0.384 e. The van der Waals surface area contributed by atoms with Crippen LogP contribution < -0.4 is 15.4 Å². The van der Waals surface area contributed by atoms with Crippen LogP contribution in [0.3, 0.4) is 0 Å². The lowest BCUT2D eigenvalue weighted by Gasteiger charge is -2.26. The molecule has 3 N–H and O–H groups in total. The standard InChI is InChI=1S/C14H21N3O3S/c1-15-14(18)12-8-11(21(19,20)16-2)6-7-13(12)17-9-10-4-3-5-10/h6-8,10,16-17H,3-5,9H2,1-2H3,(H,15,18). The van der Waals surface area contributed by atoms with Crippen molar-refractivity contribution in [3.63, 3.8) is 0 Å². The van der Waals surface area contributed by atoms with Crippen LogP contribution in [0.5, 0.6) is 0 Å². The molecule has 7 heteroatoms. The molecule has 1 aliphatic carbocycles. The second kappa shape index (κ2) is 6.44. The maximum atomic E-state index is 12.0. The van der Waals surface area contributed by atoms with E-state index in [1.165, 1.54) is 45.5 Å². The van der Waals surface area contributed by atoms with Gasteiger partial charge in [0.25, 0.3) is 5.91 Å². The number of anilines is 1. The van der Waals surface area contributed by atoms with Crippen molar-refractivity contribution in [2.45, 2.75) is 24.2 Å². The van der Waals surface area contributed by atoms with Gasteiger partial charge in [0.05, 0.1) is 10.5 Å². The molecule has 6 nitrogen and oxygen atoms in total. The maximum Gasteiger partial charge on any atom is 0.253 e. The van der Waals surface area contributed by atoms with E-state index in [1.807, 2.05) is 0 Å². The lowest BCUT2D eigenvalue weighted by atomic mass is 9.85. The summed E-state index contributed by atoms with van der Waals surface area (Å²) in [6.45, 7) is 0.808. The molecule has 1 saturated carbocycles. The van der Waals surface area contributed by atoms with Gasteiger partial charge in [-0.2, -0.15) is 0 Å². The van der Waals surface area contributed by atoms with Gasteiger partial charge in [0, 0.05) is 19.3 Å². The molecule has 0 spiro atoms. The Morgan fingerprint density at radius 2 is 2.00 bits per heavy atom. The number of nitrogens with one attached hydrogen (secondary N) is 3. The molecule has 1 aromatic rings. The number of amides is 1. The van der Waals surface area contributed by atoms with Crippen LogP contribution >= 0.6 is 0 Å². The van der Waals surface area contributed by atoms with Crippen LogP contribution in [0.25, 0.3) is 0 Å². The first-order valence-corrected chi connectivity index (χ1v) is 8.50. The lowest BCUT2D eigenvalue weighted by Crippen LogP contribution is -2.25. The molecule has 2 rings (SSSR count). The number of carbonyl (C=O) groups excluding carboxylic acids is 1. The Hall–Kier alpha value is -1.60. The molecule has 0 aliphatic heterocycles. The summed E-state index contributed by atoms with van der Waals surface area (Å²) in [6, 6.07) is 4.54. The van der Waals surface area contributed by atoms with Crippen LogP contribution in [0.1, 0.15) is 29.6 Å². The Bertz CT molecular complexity index is 624. The molecule has 1 fully saturated rings. The van der Waals surface area contributed by atoms with Gasteiger partial charge in [-0.1, -0.05) is 6.42 Å². The van der Waals surface area contributed by atoms with E-state index in [0.717, 1.165) is 6.54 Å². The van der Waals surface area contributed by atoms with E-state index in [0.29, 0.717) is 17.2 Å². The fourth-order valence-electron chi connectivity index (χ4n) is 2.24. The van der Waals surface area contributed by atoms with Gasteiger partial charge in [-0.25, -0.2) is 13.1 Å². The molecule has 0 aromatic heterocycles. The van der Waals surface area contributed by atoms with Gasteiger partial charge < -0.3 is 10.6 Å². The largest absolute Gasteiger partial charge is 0.384 e. The number of carbonyl (C=O) groups is 1. The molecule has 0 saturated heterocycles. The van der Waals surface area contributed by atoms with Crippen molar-refractivity contribution < 1.29 is 13.2 Å². The van der Waals surface area contributed by atoms with Gasteiger partial charge in [0.15, 0.2) is 0 Å². The van der Waals surface area contributed by atoms with Crippen molar-refractivity contribution in [1.29, 1.82) is 0 Å². The SMILES string of the molecule is CNC(=O)c1cc(S(=O)(=O)NC)ccc1NCC1CCC1. The van der Waals surface area contributed by atoms with Crippen molar-refractivity contribution in [2.75, 3.05) is 26.0 Å². The van der Waals surface area contributed by atoms with Crippen LogP contribution in [-0.2, 0) is 10.0 Å². The zero-order valence-corrected chi connectivity index (χ0v) is 13.1. The number of hydrogen-bond donors (Lipinski definition) is 3. The van der Waals surface area contributed by atoms with Gasteiger partial charge in [0.1, 0.15) is 0 Å². The second-order valence-corrected chi connectivity index (χ2v) is 7.06. The van der Waals surface area contributed by atoms with E-state index >= 15 is 0 Å². The molecule has 1 amide bonds. The second-order valence-electron chi connectivity index (χ2n) is 5.17. The van der Waals surface area contributed by atoms with Crippen LogP contribution in [0.15, 0.2) is 23.1 Å². The summed E-state index contributed by atoms with van der Waals surface area (Å²) >= 11 is 0.